The topological polar surface area (TPSA) is 110 Å². The summed E-state index contributed by atoms with van der Waals surface area (Å²) in [6, 6.07) is 27.1. The Morgan fingerprint density at radius 2 is 1.71 bits per heavy atom. The fourth-order valence-electron chi connectivity index (χ4n) is 5.85. The van der Waals surface area contributed by atoms with Gasteiger partial charge in [-0.15, -0.1) is 0 Å². The van der Waals surface area contributed by atoms with Gasteiger partial charge in [-0.1, -0.05) is 67.9 Å². The lowest BCUT2D eigenvalue weighted by Crippen LogP contribution is -2.18. The van der Waals surface area contributed by atoms with Gasteiger partial charge in [-0.3, -0.25) is 10.1 Å². The molecule has 2 N–H and O–H groups in total. The second kappa shape index (κ2) is 12.8. The first-order valence-corrected chi connectivity index (χ1v) is 15.5. The van der Waals surface area contributed by atoms with Crippen molar-refractivity contribution in [1.82, 2.24) is 45.1 Å². The predicted octanol–water partition coefficient (Wildman–Crippen LogP) is 7.16. The van der Waals surface area contributed by atoms with E-state index in [0.29, 0.717) is 11.7 Å². The van der Waals surface area contributed by atoms with Crippen LogP contribution in [0.1, 0.15) is 49.2 Å². The lowest BCUT2D eigenvalue weighted by molar-refractivity contribution is 0.513. The Labute approximate surface area is 261 Å². The van der Waals surface area contributed by atoms with Crippen molar-refractivity contribution >= 4 is 16.7 Å². The highest BCUT2D eigenvalue weighted by atomic mass is 15.3. The van der Waals surface area contributed by atoms with Gasteiger partial charge in [-0.2, -0.15) is 14.7 Å². The highest BCUT2D eigenvalue weighted by molar-refractivity contribution is 5.90. The van der Waals surface area contributed by atoms with Crippen molar-refractivity contribution in [2.75, 3.05) is 6.54 Å². The van der Waals surface area contributed by atoms with E-state index in [1.807, 2.05) is 41.9 Å². The number of rotatable bonds is 11. The van der Waals surface area contributed by atoms with Crippen molar-refractivity contribution in [2.45, 2.75) is 45.6 Å². The fraction of sp³-hybridized carbons (Fsp3) is 0.222. The molecule has 9 heteroatoms. The standard InChI is InChI=1S/C36H35N9/c1-3-8-28(34-41-35(43-42-34)29-11-7-17-37-22-29)16-18-38-21-25-12-14-27(15-13-25)33-31(26-9-5-4-6-10-26)20-30-23-39-32-19-24(2)44-45(32)36(30)40-33/h4-7,9-15,17,19-20,22-23,28,38H,3,8,16,18,21H2,1-2H3,(H,41,42,43). The van der Waals surface area contributed by atoms with E-state index in [9.17, 15) is 0 Å². The van der Waals surface area contributed by atoms with Crippen LogP contribution in [0.25, 0.3) is 50.5 Å². The first-order valence-electron chi connectivity index (χ1n) is 15.5. The third kappa shape index (κ3) is 6.07. The minimum absolute atomic E-state index is 0.318. The summed E-state index contributed by atoms with van der Waals surface area (Å²) < 4.78 is 1.84. The highest BCUT2D eigenvalue weighted by Crippen LogP contribution is 2.33. The molecular formula is C36H35N9. The molecule has 7 rings (SSSR count). The fourth-order valence-corrected chi connectivity index (χ4v) is 5.85. The van der Waals surface area contributed by atoms with Crippen LogP contribution in [-0.2, 0) is 6.54 Å². The van der Waals surface area contributed by atoms with Crippen LogP contribution in [0.15, 0.2) is 97.5 Å². The molecule has 5 aromatic heterocycles. The molecule has 0 saturated heterocycles. The molecule has 1 unspecified atom stereocenters. The molecule has 0 aliphatic carbocycles. The van der Waals surface area contributed by atoms with Crippen LogP contribution in [0.5, 0.6) is 0 Å². The van der Waals surface area contributed by atoms with Crippen LogP contribution in [0.3, 0.4) is 0 Å². The van der Waals surface area contributed by atoms with Crippen molar-refractivity contribution < 1.29 is 0 Å². The summed E-state index contributed by atoms with van der Waals surface area (Å²) in [4.78, 5) is 18.8. The largest absolute Gasteiger partial charge is 0.313 e. The Bertz CT molecular complexity index is 2030. The summed E-state index contributed by atoms with van der Waals surface area (Å²) >= 11 is 0. The van der Waals surface area contributed by atoms with E-state index in [-0.39, 0.29) is 0 Å². The maximum absolute atomic E-state index is 5.18. The summed E-state index contributed by atoms with van der Waals surface area (Å²) in [5, 5.41) is 16.9. The zero-order valence-corrected chi connectivity index (χ0v) is 25.5. The molecule has 45 heavy (non-hydrogen) atoms. The molecule has 5 heterocycles. The maximum atomic E-state index is 5.18. The van der Waals surface area contributed by atoms with Crippen molar-refractivity contribution in [3.05, 3.63) is 115 Å². The van der Waals surface area contributed by atoms with Gasteiger partial charge in [0.15, 0.2) is 17.1 Å². The number of aromatic amines is 1. The van der Waals surface area contributed by atoms with Crippen LogP contribution in [-0.4, -0.2) is 46.3 Å². The van der Waals surface area contributed by atoms with Crippen molar-refractivity contribution in [2.24, 2.45) is 0 Å². The molecule has 224 valence electrons. The zero-order chi connectivity index (χ0) is 30.6. The molecule has 2 aromatic carbocycles. The van der Waals surface area contributed by atoms with Gasteiger partial charge in [-0.05, 0) is 55.6 Å². The van der Waals surface area contributed by atoms with Gasteiger partial charge in [0.05, 0.1) is 11.4 Å². The molecule has 1 atom stereocenters. The van der Waals surface area contributed by atoms with Gasteiger partial charge in [-0.25, -0.2) is 15.0 Å². The van der Waals surface area contributed by atoms with Crippen LogP contribution < -0.4 is 5.32 Å². The number of benzene rings is 2. The molecule has 0 fully saturated rings. The van der Waals surface area contributed by atoms with Gasteiger partial charge in [0.1, 0.15) is 5.82 Å². The van der Waals surface area contributed by atoms with Crippen molar-refractivity contribution in [3.8, 4) is 33.8 Å². The molecule has 0 aliphatic rings. The quantitative estimate of drug-likeness (QED) is 0.153. The van der Waals surface area contributed by atoms with E-state index in [2.05, 4.69) is 92.1 Å². The number of aryl methyl sites for hydroxylation is 1. The minimum Gasteiger partial charge on any atom is -0.313 e. The van der Waals surface area contributed by atoms with E-state index in [0.717, 1.165) is 88.5 Å². The smallest absolute Gasteiger partial charge is 0.182 e. The number of aromatic nitrogens is 8. The second-order valence-electron chi connectivity index (χ2n) is 11.4. The Morgan fingerprint density at radius 1 is 0.867 bits per heavy atom. The number of hydrogen-bond acceptors (Lipinski definition) is 7. The van der Waals surface area contributed by atoms with Crippen LogP contribution in [0.2, 0.25) is 0 Å². The third-order valence-electron chi connectivity index (χ3n) is 8.14. The monoisotopic (exact) mass is 593 g/mol. The van der Waals surface area contributed by atoms with Crippen molar-refractivity contribution in [3.63, 3.8) is 0 Å². The average molecular weight is 594 g/mol. The van der Waals surface area contributed by atoms with E-state index >= 15 is 0 Å². The molecule has 0 aliphatic heterocycles. The summed E-state index contributed by atoms with van der Waals surface area (Å²) in [6.45, 7) is 5.85. The van der Waals surface area contributed by atoms with E-state index in [4.69, 9.17) is 9.97 Å². The molecule has 7 aromatic rings. The van der Waals surface area contributed by atoms with Gasteiger partial charge < -0.3 is 5.32 Å². The van der Waals surface area contributed by atoms with E-state index in [1.54, 1.807) is 12.4 Å². The zero-order valence-electron chi connectivity index (χ0n) is 25.5. The number of hydrogen-bond donors (Lipinski definition) is 2. The number of nitrogens with one attached hydrogen (secondary N) is 2. The van der Waals surface area contributed by atoms with Crippen LogP contribution in [0.4, 0.5) is 0 Å². The first-order chi connectivity index (χ1) is 22.2. The van der Waals surface area contributed by atoms with Crippen LogP contribution in [0, 0.1) is 6.92 Å². The van der Waals surface area contributed by atoms with E-state index in [1.165, 1.54) is 5.56 Å². The molecule has 9 nitrogen and oxygen atoms in total. The molecular weight excluding hydrogens is 558 g/mol. The highest BCUT2D eigenvalue weighted by Gasteiger charge is 2.17. The molecule has 0 saturated carbocycles. The Balaban J connectivity index is 1.07. The normalized spacial score (nSPS) is 12.2. The Morgan fingerprint density at radius 3 is 2.51 bits per heavy atom. The van der Waals surface area contributed by atoms with E-state index < -0.39 is 0 Å². The first kappa shape index (κ1) is 28.5. The van der Waals surface area contributed by atoms with Crippen molar-refractivity contribution in [1.29, 1.82) is 0 Å². The summed E-state index contributed by atoms with van der Waals surface area (Å²) in [5.74, 6) is 1.96. The van der Waals surface area contributed by atoms with Gasteiger partial charge in [0.2, 0.25) is 0 Å². The SMILES string of the molecule is CCCC(CCNCc1ccc(-c2nc3c(cnc4cc(C)nn43)cc2-c2ccccc2)cc1)c1nc(-c2cccnc2)n[nH]1. The Kier molecular flexibility index (Phi) is 8.07. The number of H-pyrrole nitrogens is 1. The summed E-state index contributed by atoms with van der Waals surface area (Å²) in [7, 11) is 0. The Hall–Kier alpha value is -5.28. The summed E-state index contributed by atoms with van der Waals surface area (Å²) in [5.41, 5.74) is 8.83. The van der Waals surface area contributed by atoms with Crippen LogP contribution >= 0.6 is 0 Å². The molecule has 0 bridgehead atoms. The number of fused-ring (bicyclic) bond motifs is 3. The molecule has 0 radical (unpaired) electrons. The number of pyridine rings is 2. The average Bonchev–Trinajstić information content (AvgIpc) is 3.74. The molecule has 0 spiro atoms. The van der Waals surface area contributed by atoms with Gasteiger partial charge in [0, 0.05) is 59.2 Å². The number of nitrogens with zero attached hydrogens (tertiary/aromatic N) is 7. The lowest BCUT2D eigenvalue weighted by Gasteiger charge is -2.14. The minimum atomic E-state index is 0.318. The third-order valence-corrected chi connectivity index (χ3v) is 8.14. The second-order valence-corrected chi connectivity index (χ2v) is 11.4. The maximum Gasteiger partial charge on any atom is 0.182 e. The predicted molar refractivity (Wildman–Crippen MR) is 177 cm³/mol. The summed E-state index contributed by atoms with van der Waals surface area (Å²) in [6.07, 6.45) is 8.56. The lowest BCUT2D eigenvalue weighted by atomic mass is 9.97. The van der Waals surface area contributed by atoms with Gasteiger partial charge in [0.25, 0.3) is 0 Å². The van der Waals surface area contributed by atoms with Gasteiger partial charge >= 0.3 is 0 Å². The molecule has 0 amide bonds.